The van der Waals surface area contributed by atoms with Crippen molar-refractivity contribution in [2.75, 3.05) is 25.1 Å². The molecule has 0 aliphatic carbocycles. The zero-order chi connectivity index (χ0) is 16.9. The minimum absolute atomic E-state index is 0.279. The first-order chi connectivity index (χ1) is 10.9. The summed E-state index contributed by atoms with van der Waals surface area (Å²) in [6.07, 6.45) is 0.733. The number of nitrogens with zero attached hydrogens (tertiary/aromatic N) is 1. The molecule has 0 bridgehead atoms. The minimum Gasteiger partial charge on any atom is -0.444 e. The highest BCUT2D eigenvalue weighted by Gasteiger charge is 2.22. The number of nitrogens with one attached hydrogen (secondary N) is 1. The topological polar surface area (TPSA) is 50.8 Å². The van der Waals surface area contributed by atoms with Gasteiger partial charge in [0.2, 0.25) is 0 Å². The molecule has 1 aliphatic heterocycles. The number of amides is 1. The van der Waals surface area contributed by atoms with Crippen LogP contribution in [0.3, 0.4) is 0 Å². The lowest BCUT2D eigenvalue weighted by Crippen LogP contribution is -2.36. The fraction of sp³-hybridized carbons (Fsp3) is 0.611. The summed E-state index contributed by atoms with van der Waals surface area (Å²) in [5.41, 5.74) is 1.67. The van der Waals surface area contributed by atoms with Crippen LogP contribution in [0, 0.1) is 0 Å². The summed E-state index contributed by atoms with van der Waals surface area (Å²) >= 11 is 0. The van der Waals surface area contributed by atoms with Crippen LogP contribution in [0.5, 0.6) is 0 Å². The molecule has 1 aromatic rings. The summed E-state index contributed by atoms with van der Waals surface area (Å²) in [6.45, 7) is 10.3. The largest absolute Gasteiger partial charge is 0.444 e. The van der Waals surface area contributed by atoms with Gasteiger partial charge in [-0.05, 0) is 45.7 Å². The fourth-order valence-electron chi connectivity index (χ4n) is 2.50. The first-order valence-corrected chi connectivity index (χ1v) is 8.29. The second-order valence-corrected chi connectivity index (χ2v) is 6.86. The normalized spacial score (nSPS) is 17.8. The number of para-hydroxylation sites is 1. The third-order valence-electron chi connectivity index (χ3n) is 3.70. The molecule has 1 amide bonds. The highest BCUT2D eigenvalue weighted by molar-refractivity contribution is 5.68. The SMILES string of the molecule is CCN(Cc1ccccc1NC1CCOC1)C(=O)OC(C)(C)C. The van der Waals surface area contributed by atoms with Crippen molar-refractivity contribution in [3.8, 4) is 0 Å². The lowest BCUT2D eigenvalue weighted by Gasteiger charge is -2.27. The molecule has 5 nitrogen and oxygen atoms in total. The number of ether oxygens (including phenoxy) is 2. The van der Waals surface area contributed by atoms with Crippen LogP contribution in [0.4, 0.5) is 10.5 Å². The maximum Gasteiger partial charge on any atom is 0.410 e. The van der Waals surface area contributed by atoms with Crippen LogP contribution in [0.25, 0.3) is 0 Å². The van der Waals surface area contributed by atoms with Gasteiger partial charge >= 0.3 is 6.09 Å². The smallest absolute Gasteiger partial charge is 0.410 e. The van der Waals surface area contributed by atoms with Crippen molar-refractivity contribution < 1.29 is 14.3 Å². The second-order valence-electron chi connectivity index (χ2n) is 6.86. The van der Waals surface area contributed by atoms with E-state index in [4.69, 9.17) is 9.47 Å². The fourth-order valence-corrected chi connectivity index (χ4v) is 2.50. The van der Waals surface area contributed by atoms with Crippen LogP contribution in [-0.4, -0.2) is 42.4 Å². The molecule has 0 radical (unpaired) electrons. The van der Waals surface area contributed by atoms with Gasteiger partial charge in [0.05, 0.1) is 19.2 Å². The van der Waals surface area contributed by atoms with Gasteiger partial charge in [-0.3, -0.25) is 0 Å². The Kier molecular flexibility index (Phi) is 5.88. The van der Waals surface area contributed by atoms with E-state index in [2.05, 4.69) is 11.4 Å². The third-order valence-corrected chi connectivity index (χ3v) is 3.70. The molecule has 1 aliphatic rings. The second kappa shape index (κ2) is 7.68. The summed E-state index contributed by atoms with van der Waals surface area (Å²) in [4.78, 5) is 14.0. The summed E-state index contributed by atoms with van der Waals surface area (Å²) in [5.74, 6) is 0. The molecule has 5 heteroatoms. The van der Waals surface area contributed by atoms with Gasteiger partial charge in [-0.15, -0.1) is 0 Å². The number of hydrogen-bond donors (Lipinski definition) is 1. The Balaban J connectivity index is 2.06. The van der Waals surface area contributed by atoms with Crippen LogP contribution in [0.2, 0.25) is 0 Å². The van der Waals surface area contributed by atoms with Crippen LogP contribution < -0.4 is 5.32 Å². The van der Waals surface area contributed by atoms with Crippen molar-refractivity contribution in [3.63, 3.8) is 0 Å². The molecule has 0 spiro atoms. The quantitative estimate of drug-likeness (QED) is 0.900. The monoisotopic (exact) mass is 320 g/mol. The molecular weight excluding hydrogens is 292 g/mol. The first-order valence-electron chi connectivity index (χ1n) is 8.29. The lowest BCUT2D eigenvalue weighted by atomic mass is 10.1. The number of carbonyl (C=O) groups excluding carboxylic acids is 1. The van der Waals surface area contributed by atoms with Crippen molar-refractivity contribution in [2.24, 2.45) is 0 Å². The van der Waals surface area contributed by atoms with E-state index < -0.39 is 5.60 Å². The molecule has 1 atom stereocenters. The Bertz CT molecular complexity index is 519. The van der Waals surface area contributed by atoms with Gasteiger partial charge in [-0.1, -0.05) is 18.2 Å². The molecule has 128 valence electrons. The zero-order valence-electron chi connectivity index (χ0n) is 14.6. The van der Waals surface area contributed by atoms with Crippen molar-refractivity contribution in [2.45, 2.75) is 52.3 Å². The van der Waals surface area contributed by atoms with Crippen LogP contribution in [-0.2, 0) is 16.0 Å². The molecule has 23 heavy (non-hydrogen) atoms. The molecule has 0 saturated carbocycles. The number of benzene rings is 1. The number of carbonyl (C=O) groups is 1. The van der Waals surface area contributed by atoms with Gasteiger partial charge in [-0.25, -0.2) is 4.79 Å². The van der Waals surface area contributed by atoms with Gasteiger partial charge < -0.3 is 19.7 Å². The van der Waals surface area contributed by atoms with Crippen molar-refractivity contribution >= 4 is 11.8 Å². The number of anilines is 1. The van der Waals surface area contributed by atoms with Crippen LogP contribution >= 0.6 is 0 Å². The van der Waals surface area contributed by atoms with E-state index in [0.29, 0.717) is 19.1 Å². The van der Waals surface area contributed by atoms with E-state index >= 15 is 0 Å². The summed E-state index contributed by atoms with van der Waals surface area (Å²) in [5, 5.41) is 3.52. The Morgan fingerprint density at radius 3 is 2.74 bits per heavy atom. The van der Waals surface area contributed by atoms with Gasteiger partial charge in [0.15, 0.2) is 0 Å². The van der Waals surface area contributed by atoms with E-state index in [0.717, 1.165) is 30.9 Å². The number of rotatable bonds is 5. The predicted octanol–water partition coefficient (Wildman–Crippen LogP) is 3.64. The molecule has 1 N–H and O–H groups in total. The van der Waals surface area contributed by atoms with Crippen molar-refractivity contribution in [1.82, 2.24) is 4.90 Å². The average Bonchev–Trinajstić information content (AvgIpc) is 2.97. The molecule has 1 saturated heterocycles. The summed E-state index contributed by atoms with van der Waals surface area (Å²) in [7, 11) is 0. The standard InChI is InChI=1S/C18H28N2O3/c1-5-20(17(21)23-18(2,3)4)12-14-8-6-7-9-16(14)19-15-10-11-22-13-15/h6-9,15,19H,5,10-13H2,1-4H3. The molecule has 1 aromatic carbocycles. The molecule has 1 unspecified atom stereocenters. The highest BCUT2D eigenvalue weighted by atomic mass is 16.6. The Labute approximate surface area is 139 Å². The predicted molar refractivity (Wildman–Crippen MR) is 91.6 cm³/mol. The molecular formula is C18H28N2O3. The van der Waals surface area contributed by atoms with E-state index in [1.807, 2.05) is 45.9 Å². The highest BCUT2D eigenvalue weighted by Crippen LogP contribution is 2.21. The third kappa shape index (κ3) is 5.43. The van der Waals surface area contributed by atoms with Gasteiger partial charge in [0.25, 0.3) is 0 Å². The lowest BCUT2D eigenvalue weighted by molar-refractivity contribution is 0.0245. The summed E-state index contributed by atoms with van der Waals surface area (Å²) < 4.78 is 10.9. The average molecular weight is 320 g/mol. The maximum atomic E-state index is 12.3. The van der Waals surface area contributed by atoms with Gasteiger partial charge in [0.1, 0.15) is 5.60 Å². The molecule has 0 aromatic heterocycles. The summed E-state index contributed by atoms with van der Waals surface area (Å²) in [6, 6.07) is 8.44. The number of hydrogen-bond acceptors (Lipinski definition) is 4. The molecule has 1 heterocycles. The first kappa shape index (κ1) is 17.6. The van der Waals surface area contributed by atoms with Crippen molar-refractivity contribution in [3.05, 3.63) is 29.8 Å². The molecule has 2 rings (SSSR count). The molecule has 1 fully saturated rings. The van der Waals surface area contributed by atoms with E-state index in [1.165, 1.54) is 0 Å². The van der Waals surface area contributed by atoms with E-state index in [-0.39, 0.29) is 6.09 Å². The van der Waals surface area contributed by atoms with Gasteiger partial charge in [0, 0.05) is 18.8 Å². The minimum atomic E-state index is -0.483. The van der Waals surface area contributed by atoms with Crippen molar-refractivity contribution in [1.29, 1.82) is 0 Å². The zero-order valence-corrected chi connectivity index (χ0v) is 14.6. The van der Waals surface area contributed by atoms with Gasteiger partial charge in [-0.2, -0.15) is 0 Å². The maximum absolute atomic E-state index is 12.3. The van der Waals surface area contributed by atoms with Crippen LogP contribution in [0.15, 0.2) is 24.3 Å². The Morgan fingerprint density at radius 2 is 2.13 bits per heavy atom. The van der Waals surface area contributed by atoms with E-state index in [9.17, 15) is 4.79 Å². The Hall–Kier alpha value is -1.75. The van der Waals surface area contributed by atoms with E-state index in [1.54, 1.807) is 4.90 Å². The Morgan fingerprint density at radius 1 is 1.39 bits per heavy atom. The van der Waals surface area contributed by atoms with Crippen LogP contribution in [0.1, 0.15) is 39.7 Å².